The van der Waals surface area contributed by atoms with Gasteiger partial charge in [0, 0.05) is 29.0 Å². The highest BCUT2D eigenvalue weighted by atomic mass is 32.2. The highest BCUT2D eigenvalue weighted by Gasteiger charge is 2.20. The normalized spacial score (nSPS) is 16.9. The van der Waals surface area contributed by atoms with Gasteiger partial charge in [0.1, 0.15) is 0 Å². The lowest BCUT2D eigenvalue weighted by Crippen LogP contribution is -2.31. The van der Waals surface area contributed by atoms with E-state index in [1.54, 1.807) is 30.0 Å². The Morgan fingerprint density at radius 2 is 1.90 bits per heavy atom. The zero-order chi connectivity index (χ0) is 20.9. The molecular weight excluding hydrogens is 408 g/mol. The van der Waals surface area contributed by atoms with Crippen LogP contribution in [0.15, 0.2) is 58.3 Å². The number of ether oxygens (including phenoxy) is 1. The molecule has 8 heteroatoms. The number of nitrogens with one attached hydrogen (secondary N) is 2. The lowest BCUT2D eigenvalue weighted by Gasteiger charge is -2.13. The molecule has 1 amide bonds. The van der Waals surface area contributed by atoms with Crippen LogP contribution in [-0.2, 0) is 14.8 Å². The van der Waals surface area contributed by atoms with Crippen LogP contribution in [0, 0.1) is 0 Å². The van der Waals surface area contributed by atoms with Crippen LogP contribution in [0.1, 0.15) is 37.0 Å². The molecule has 0 radical (unpaired) electrons. The van der Waals surface area contributed by atoms with Crippen molar-refractivity contribution in [2.75, 3.05) is 18.5 Å². The smallest absolute Gasteiger partial charge is 0.256 e. The molecule has 6 nitrogen and oxygen atoms in total. The Balaban J connectivity index is 1.65. The summed E-state index contributed by atoms with van der Waals surface area (Å²) < 4.78 is 32.9. The van der Waals surface area contributed by atoms with E-state index in [1.165, 1.54) is 12.1 Å². The van der Waals surface area contributed by atoms with Crippen molar-refractivity contribution in [1.29, 1.82) is 0 Å². The minimum atomic E-state index is -3.61. The maximum absolute atomic E-state index is 12.7. The number of rotatable bonds is 8. The predicted molar refractivity (Wildman–Crippen MR) is 116 cm³/mol. The van der Waals surface area contributed by atoms with Crippen LogP contribution >= 0.6 is 11.8 Å². The molecule has 156 valence electrons. The summed E-state index contributed by atoms with van der Waals surface area (Å²) in [6.45, 7) is 5.10. The largest absolute Gasteiger partial charge is 0.377 e. The highest BCUT2D eigenvalue weighted by Crippen LogP contribution is 2.27. The third-order valence-corrected chi connectivity index (χ3v) is 6.96. The number of sulfonamides is 1. The van der Waals surface area contributed by atoms with E-state index in [0.717, 1.165) is 17.7 Å². The molecule has 0 aliphatic carbocycles. The van der Waals surface area contributed by atoms with Crippen LogP contribution in [0.3, 0.4) is 0 Å². The van der Waals surface area contributed by atoms with E-state index >= 15 is 0 Å². The molecule has 2 aromatic carbocycles. The van der Waals surface area contributed by atoms with E-state index in [4.69, 9.17) is 4.74 Å². The maximum atomic E-state index is 12.7. The lowest BCUT2D eigenvalue weighted by molar-refractivity contribution is 0.102. The third-order valence-electron chi connectivity index (χ3n) is 4.44. The van der Waals surface area contributed by atoms with Crippen molar-refractivity contribution in [3.8, 4) is 0 Å². The Morgan fingerprint density at radius 1 is 1.17 bits per heavy atom. The first kappa shape index (κ1) is 21.8. The highest BCUT2D eigenvalue weighted by molar-refractivity contribution is 8.00. The second kappa shape index (κ2) is 9.75. The van der Waals surface area contributed by atoms with E-state index < -0.39 is 10.0 Å². The van der Waals surface area contributed by atoms with Crippen LogP contribution < -0.4 is 10.0 Å². The first-order valence-corrected chi connectivity index (χ1v) is 12.0. The van der Waals surface area contributed by atoms with E-state index in [9.17, 15) is 13.2 Å². The van der Waals surface area contributed by atoms with Crippen LogP contribution in [0.4, 0.5) is 5.69 Å². The SMILES string of the molecule is CC(C)Sc1ccccc1C(=O)Nc1ccc(S(=O)(=O)NC[C@H]2CCCO2)cc1. The van der Waals surface area contributed by atoms with Crippen molar-refractivity contribution in [1.82, 2.24) is 4.72 Å². The number of hydrogen-bond donors (Lipinski definition) is 2. The fourth-order valence-electron chi connectivity index (χ4n) is 3.02. The van der Waals surface area contributed by atoms with Gasteiger partial charge < -0.3 is 10.1 Å². The third kappa shape index (κ3) is 6.05. The summed E-state index contributed by atoms with van der Waals surface area (Å²) >= 11 is 1.63. The van der Waals surface area contributed by atoms with Crippen LogP contribution in [0.5, 0.6) is 0 Å². The number of thioether (sulfide) groups is 1. The Bertz CT molecular complexity index is 937. The summed E-state index contributed by atoms with van der Waals surface area (Å²) in [6, 6.07) is 13.6. The summed E-state index contributed by atoms with van der Waals surface area (Å²) in [5, 5.41) is 3.20. The lowest BCUT2D eigenvalue weighted by atomic mass is 10.2. The Hall–Kier alpha value is -1.87. The first-order chi connectivity index (χ1) is 13.8. The molecule has 1 atom stereocenters. The van der Waals surface area contributed by atoms with Gasteiger partial charge in [-0.25, -0.2) is 13.1 Å². The second-order valence-corrected chi connectivity index (χ2v) is 10.5. The van der Waals surface area contributed by atoms with Crippen LogP contribution in [0.2, 0.25) is 0 Å². The van der Waals surface area contributed by atoms with E-state index in [2.05, 4.69) is 23.9 Å². The average Bonchev–Trinajstić information content (AvgIpc) is 3.20. The van der Waals surface area contributed by atoms with Crippen molar-refractivity contribution in [2.24, 2.45) is 0 Å². The van der Waals surface area contributed by atoms with Gasteiger partial charge >= 0.3 is 0 Å². The van der Waals surface area contributed by atoms with Gasteiger partial charge in [-0.2, -0.15) is 0 Å². The quantitative estimate of drug-likeness (QED) is 0.616. The number of carbonyl (C=O) groups excluding carboxylic acids is 1. The second-order valence-electron chi connectivity index (χ2n) is 7.13. The molecular formula is C21H26N2O4S2. The molecule has 0 saturated carbocycles. The molecule has 0 bridgehead atoms. The molecule has 1 aliphatic heterocycles. The van der Waals surface area contributed by atoms with Gasteiger partial charge in [0.05, 0.1) is 16.6 Å². The number of hydrogen-bond acceptors (Lipinski definition) is 5. The minimum absolute atomic E-state index is 0.0629. The Labute approximate surface area is 176 Å². The molecule has 2 N–H and O–H groups in total. The van der Waals surface area contributed by atoms with Gasteiger partial charge in [-0.05, 0) is 49.2 Å². The zero-order valence-corrected chi connectivity index (χ0v) is 18.2. The first-order valence-electron chi connectivity index (χ1n) is 9.63. The predicted octanol–water partition coefficient (Wildman–Crippen LogP) is 3.90. The fraction of sp³-hybridized carbons (Fsp3) is 0.381. The van der Waals surface area contributed by atoms with Crippen molar-refractivity contribution >= 4 is 33.4 Å². The molecule has 2 aromatic rings. The standard InChI is InChI=1S/C21H26N2O4S2/c1-15(2)28-20-8-4-3-7-19(20)21(24)23-16-9-11-18(12-10-16)29(25,26)22-14-17-6-5-13-27-17/h3-4,7-12,15,17,22H,5-6,13-14H2,1-2H3,(H,23,24)/t17-/m1/s1. The molecule has 1 heterocycles. The molecule has 0 unspecified atom stereocenters. The zero-order valence-electron chi connectivity index (χ0n) is 16.6. The van der Waals surface area contributed by atoms with Gasteiger partial charge in [-0.3, -0.25) is 4.79 Å². The molecule has 3 rings (SSSR count). The molecule has 1 fully saturated rings. The molecule has 1 saturated heterocycles. The van der Waals surface area contributed by atoms with Gasteiger partial charge in [-0.1, -0.05) is 26.0 Å². The number of benzene rings is 2. The van der Waals surface area contributed by atoms with Crippen molar-refractivity contribution in [2.45, 2.75) is 47.8 Å². The van der Waals surface area contributed by atoms with Gasteiger partial charge in [0.25, 0.3) is 5.91 Å². The van der Waals surface area contributed by atoms with Crippen molar-refractivity contribution in [3.63, 3.8) is 0 Å². The fourth-order valence-corrected chi connectivity index (χ4v) is 5.04. The Morgan fingerprint density at radius 3 is 2.55 bits per heavy atom. The summed E-state index contributed by atoms with van der Waals surface area (Å²) in [4.78, 5) is 13.7. The number of carbonyl (C=O) groups is 1. The monoisotopic (exact) mass is 434 g/mol. The van der Waals surface area contributed by atoms with Crippen molar-refractivity contribution < 1.29 is 17.9 Å². The van der Waals surface area contributed by atoms with Gasteiger partial charge in [0.2, 0.25) is 10.0 Å². The summed E-state index contributed by atoms with van der Waals surface area (Å²) in [5.41, 5.74) is 1.14. The number of anilines is 1. The van der Waals surface area contributed by atoms with E-state index in [1.807, 2.05) is 18.2 Å². The summed E-state index contributed by atoms with van der Waals surface area (Å²) in [5.74, 6) is -0.221. The van der Waals surface area contributed by atoms with Gasteiger partial charge in [0.15, 0.2) is 0 Å². The van der Waals surface area contributed by atoms with Crippen molar-refractivity contribution in [3.05, 3.63) is 54.1 Å². The summed E-state index contributed by atoms with van der Waals surface area (Å²) in [6.07, 6.45) is 1.76. The molecule has 29 heavy (non-hydrogen) atoms. The average molecular weight is 435 g/mol. The molecule has 0 aromatic heterocycles. The van der Waals surface area contributed by atoms with E-state index in [-0.39, 0.29) is 23.5 Å². The number of amides is 1. The minimum Gasteiger partial charge on any atom is -0.377 e. The van der Waals surface area contributed by atoms with Gasteiger partial charge in [-0.15, -0.1) is 11.8 Å². The van der Waals surface area contributed by atoms with Crippen LogP contribution in [-0.4, -0.2) is 38.8 Å². The van der Waals surface area contributed by atoms with Crippen LogP contribution in [0.25, 0.3) is 0 Å². The maximum Gasteiger partial charge on any atom is 0.256 e. The molecule has 1 aliphatic rings. The van der Waals surface area contributed by atoms with E-state index in [0.29, 0.717) is 23.1 Å². The topological polar surface area (TPSA) is 84.5 Å². The summed E-state index contributed by atoms with van der Waals surface area (Å²) in [7, 11) is -3.61. The Kier molecular flexibility index (Phi) is 7.34. The molecule has 0 spiro atoms.